The fourth-order valence-electron chi connectivity index (χ4n) is 2.77. The Morgan fingerprint density at radius 1 is 1.20 bits per heavy atom. The Labute approximate surface area is 148 Å². The molecule has 1 aromatic heterocycles. The monoisotopic (exact) mass is 348 g/mol. The summed E-state index contributed by atoms with van der Waals surface area (Å²) in [6.45, 7) is 5.12. The van der Waals surface area contributed by atoms with Crippen molar-refractivity contribution in [3.05, 3.63) is 65.5 Å². The number of aromatic nitrogens is 1. The number of ether oxygens (including phenoxy) is 1. The molecule has 2 rings (SSSR count). The first kappa shape index (κ1) is 19.5. The van der Waals surface area contributed by atoms with Crippen molar-refractivity contribution in [2.24, 2.45) is 0 Å². The summed E-state index contributed by atoms with van der Waals surface area (Å²) in [6.07, 6.45) is 4.05. The average Bonchev–Trinajstić information content (AvgIpc) is 2.61. The molecule has 0 amide bonds. The lowest BCUT2D eigenvalue weighted by molar-refractivity contribution is 0.118. The molecule has 136 valence electrons. The standard InChI is InChI=1S/C20H26F2N2O/c1-3-25-14-19(12-16-8-9-17(21)13-20(16)22)24-15(2)7-10-18-6-4-5-11-23-18/h4-6,8-9,11,13,15,19,24H,3,7,10,12,14H2,1-2H3. The fraction of sp³-hybridized carbons (Fsp3) is 0.450. The molecular formula is C20H26F2N2O. The first-order valence-electron chi connectivity index (χ1n) is 8.76. The van der Waals surface area contributed by atoms with Crippen LogP contribution in [0.15, 0.2) is 42.6 Å². The van der Waals surface area contributed by atoms with Gasteiger partial charge < -0.3 is 10.1 Å². The van der Waals surface area contributed by atoms with Crippen molar-refractivity contribution in [3.8, 4) is 0 Å². The van der Waals surface area contributed by atoms with Crippen LogP contribution >= 0.6 is 0 Å². The Morgan fingerprint density at radius 2 is 2.04 bits per heavy atom. The van der Waals surface area contributed by atoms with Gasteiger partial charge in [0.25, 0.3) is 0 Å². The highest BCUT2D eigenvalue weighted by molar-refractivity contribution is 5.19. The first-order valence-corrected chi connectivity index (χ1v) is 8.76. The maximum absolute atomic E-state index is 13.9. The second-order valence-electron chi connectivity index (χ2n) is 6.22. The Hall–Kier alpha value is -1.85. The molecule has 1 N–H and O–H groups in total. The van der Waals surface area contributed by atoms with Gasteiger partial charge in [-0.3, -0.25) is 4.98 Å². The maximum Gasteiger partial charge on any atom is 0.129 e. The number of benzene rings is 1. The SMILES string of the molecule is CCOCC(Cc1ccc(F)cc1F)NC(C)CCc1ccccn1. The van der Waals surface area contributed by atoms with E-state index in [4.69, 9.17) is 4.74 Å². The number of pyridine rings is 1. The summed E-state index contributed by atoms with van der Waals surface area (Å²) < 4.78 is 32.5. The Bertz CT molecular complexity index is 637. The van der Waals surface area contributed by atoms with Gasteiger partial charge in [0.2, 0.25) is 0 Å². The summed E-state index contributed by atoms with van der Waals surface area (Å²) in [5.41, 5.74) is 1.55. The number of nitrogens with zero attached hydrogens (tertiary/aromatic N) is 1. The van der Waals surface area contributed by atoms with Gasteiger partial charge in [-0.05, 0) is 56.9 Å². The Balaban J connectivity index is 1.91. The molecule has 0 spiro atoms. The topological polar surface area (TPSA) is 34.1 Å². The second kappa shape index (κ2) is 10.2. The molecule has 0 fully saturated rings. The van der Waals surface area contributed by atoms with Gasteiger partial charge in [-0.15, -0.1) is 0 Å². The van der Waals surface area contributed by atoms with Gasteiger partial charge in [-0.25, -0.2) is 8.78 Å². The van der Waals surface area contributed by atoms with Gasteiger partial charge in [-0.2, -0.15) is 0 Å². The zero-order chi connectivity index (χ0) is 18.1. The third kappa shape index (κ3) is 6.88. The lowest BCUT2D eigenvalue weighted by atomic mass is 10.0. The molecule has 0 saturated carbocycles. The predicted octanol–water partition coefficient (Wildman–Crippen LogP) is 3.92. The van der Waals surface area contributed by atoms with Gasteiger partial charge in [-0.1, -0.05) is 12.1 Å². The minimum Gasteiger partial charge on any atom is -0.380 e. The lowest BCUT2D eigenvalue weighted by Crippen LogP contribution is -2.41. The van der Waals surface area contributed by atoms with Crippen molar-refractivity contribution in [3.63, 3.8) is 0 Å². The van der Waals surface area contributed by atoms with Crippen LogP contribution in [0.2, 0.25) is 0 Å². The highest BCUT2D eigenvalue weighted by Crippen LogP contribution is 2.13. The molecule has 0 radical (unpaired) electrons. The van der Waals surface area contributed by atoms with E-state index in [0.29, 0.717) is 25.2 Å². The van der Waals surface area contributed by atoms with Crippen LogP contribution < -0.4 is 5.32 Å². The fourth-order valence-corrected chi connectivity index (χ4v) is 2.77. The predicted molar refractivity (Wildman–Crippen MR) is 95.5 cm³/mol. The largest absolute Gasteiger partial charge is 0.380 e. The molecule has 1 heterocycles. The van der Waals surface area contributed by atoms with E-state index in [9.17, 15) is 8.78 Å². The minimum absolute atomic E-state index is 0.0290. The zero-order valence-corrected chi connectivity index (χ0v) is 14.8. The van der Waals surface area contributed by atoms with Crippen LogP contribution in [-0.4, -0.2) is 30.3 Å². The molecule has 2 atom stereocenters. The Kier molecular flexibility index (Phi) is 7.95. The van der Waals surface area contributed by atoms with Crippen molar-refractivity contribution < 1.29 is 13.5 Å². The van der Waals surface area contributed by atoms with Crippen LogP contribution in [0.3, 0.4) is 0 Å². The number of hydrogen-bond donors (Lipinski definition) is 1. The van der Waals surface area contributed by atoms with Gasteiger partial charge in [0.1, 0.15) is 11.6 Å². The molecule has 2 aromatic rings. The van der Waals surface area contributed by atoms with Crippen LogP contribution in [0.25, 0.3) is 0 Å². The third-order valence-corrected chi connectivity index (χ3v) is 4.08. The van der Waals surface area contributed by atoms with Gasteiger partial charge in [0.05, 0.1) is 6.61 Å². The van der Waals surface area contributed by atoms with Gasteiger partial charge >= 0.3 is 0 Å². The molecule has 0 aliphatic carbocycles. The zero-order valence-electron chi connectivity index (χ0n) is 14.8. The van der Waals surface area contributed by atoms with Crippen molar-refractivity contribution in [2.45, 2.75) is 45.2 Å². The maximum atomic E-state index is 13.9. The molecule has 25 heavy (non-hydrogen) atoms. The van der Waals surface area contributed by atoms with E-state index in [1.807, 2.05) is 25.1 Å². The van der Waals surface area contributed by atoms with E-state index < -0.39 is 11.6 Å². The molecule has 1 aromatic carbocycles. The average molecular weight is 348 g/mol. The summed E-state index contributed by atoms with van der Waals surface area (Å²) in [5.74, 6) is -1.07. The second-order valence-corrected chi connectivity index (χ2v) is 6.22. The highest BCUT2D eigenvalue weighted by atomic mass is 19.1. The number of rotatable bonds is 10. The van der Waals surface area contributed by atoms with Gasteiger partial charge in [0, 0.05) is 36.6 Å². The van der Waals surface area contributed by atoms with Crippen LogP contribution in [0.1, 0.15) is 31.5 Å². The normalized spacial score (nSPS) is 13.6. The van der Waals surface area contributed by atoms with E-state index in [2.05, 4.69) is 17.2 Å². The lowest BCUT2D eigenvalue weighted by Gasteiger charge is -2.23. The molecule has 2 unspecified atom stereocenters. The summed E-state index contributed by atoms with van der Waals surface area (Å²) in [5, 5.41) is 3.50. The van der Waals surface area contributed by atoms with Crippen molar-refractivity contribution in [1.29, 1.82) is 0 Å². The smallest absolute Gasteiger partial charge is 0.129 e. The molecule has 0 aliphatic heterocycles. The molecule has 0 saturated heterocycles. The van der Waals surface area contributed by atoms with Crippen LogP contribution in [0.4, 0.5) is 8.78 Å². The highest BCUT2D eigenvalue weighted by Gasteiger charge is 2.16. The molecule has 0 aliphatic rings. The van der Waals surface area contributed by atoms with Crippen molar-refractivity contribution >= 4 is 0 Å². The summed E-state index contributed by atoms with van der Waals surface area (Å²) in [7, 11) is 0. The summed E-state index contributed by atoms with van der Waals surface area (Å²) >= 11 is 0. The number of nitrogens with one attached hydrogen (secondary N) is 1. The summed E-state index contributed by atoms with van der Waals surface area (Å²) in [4.78, 5) is 4.33. The molecule has 0 bridgehead atoms. The van der Waals surface area contributed by atoms with E-state index in [1.165, 1.54) is 12.1 Å². The number of halogens is 2. The van der Waals surface area contributed by atoms with Crippen molar-refractivity contribution in [1.82, 2.24) is 10.3 Å². The number of aryl methyl sites for hydroxylation is 1. The summed E-state index contributed by atoms with van der Waals surface area (Å²) in [6, 6.07) is 9.82. The van der Waals surface area contributed by atoms with E-state index in [1.54, 1.807) is 6.20 Å². The van der Waals surface area contributed by atoms with E-state index in [-0.39, 0.29) is 12.1 Å². The van der Waals surface area contributed by atoms with Crippen LogP contribution in [0, 0.1) is 11.6 Å². The molecule has 3 nitrogen and oxygen atoms in total. The van der Waals surface area contributed by atoms with Gasteiger partial charge in [0.15, 0.2) is 0 Å². The van der Waals surface area contributed by atoms with Crippen LogP contribution in [-0.2, 0) is 17.6 Å². The van der Waals surface area contributed by atoms with Crippen molar-refractivity contribution in [2.75, 3.05) is 13.2 Å². The molecular weight excluding hydrogens is 322 g/mol. The quantitative estimate of drug-likeness (QED) is 0.707. The van der Waals surface area contributed by atoms with E-state index >= 15 is 0 Å². The minimum atomic E-state index is -0.556. The number of hydrogen-bond acceptors (Lipinski definition) is 3. The molecule has 5 heteroatoms. The van der Waals surface area contributed by atoms with E-state index in [0.717, 1.165) is 24.6 Å². The Morgan fingerprint density at radius 3 is 2.72 bits per heavy atom. The third-order valence-electron chi connectivity index (χ3n) is 4.08. The first-order chi connectivity index (χ1) is 12.1. The van der Waals surface area contributed by atoms with Crippen LogP contribution in [0.5, 0.6) is 0 Å².